The van der Waals surface area contributed by atoms with Crippen LogP contribution in [0.3, 0.4) is 0 Å². The van der Waals surface area contributed by atoms with Crippen LogP contribution in [0.25, 0.3) is 0 Å². The molecular weight excluding hydrogens is 364 g/mol. The number of carbonyl (C=O) groups is 1. The Morgan fingerprint density at radius 2 is 1.81 bits per heavy atom. The summed E-state index contributed by atoms with van der Waals surface area (Å²) in [5, 5.41) is 6.02. The normalized spacial score (nSPS) is 15.4. The topological polar surface area (TPSA) is 99.7 Å². The third-order valence-electron chi connectivity index (χ3n) is 4.12. The molecule has 0 bridgehead atoms. The molecule has 1 atom stereocenters. The number of aliphatic imine (C=N–C) groups is 1. The molecule has 3 rings (SSSR count). The van der Waals surface area contributed by atoms with Crippen molar-refractivity contribution in [3.63, 3.8) is 0 Å². The van der Waals surface area contributed by atoms with Crippen molar-refractivity contribution in [3.8, 4) is 0 Å². The number of hydrogen-bond acceptors (Lipinski definition) is 5. The van der Waals surface area contributed by atoms with E-state index in [1.54, 1.807) is 30.3 Å². The Balaban J connectivity index is 1.73. The summed E-state index contributed by atoms with van der Waals surface area (Å²) >= 11 is 0. The average molecular weight is 386 g/mol. The van der Waals surface area contributed by atoms with E-state index in [9.17, 15) is 13.2 Å². The molecule has 2 aromatic carbocycles. The monoisotopic (exact) mass is 386 g/mol. The zero-order valence-corrected chi connectivity index (χ0v) is 15.8. The van der Waals surface area contributed by atoms with Crippen molar-refractivity contribution in [1.29, 1.82) is 0 Å². The second-order valence-electron chi connectivity index (χ2n) is 6.20. The van der Waals surface area contributed by atoms with Gasteiger partial charge in [-0.3, -0.25) is 9.79 Å². The molecule has 7 nitrogen and oxygen atoms in total. The summed E-state index contributed by atoms with van der Waals surface area (Å²) in [5.41, 5.74) is 1.37. The van der Waals surface area contributed by atoms with Gasteiger partial charge in [0, 0.05) is 18.7 Å². The van der Waals surface area contributed by atoms with Crippen molar-refractivity contribution < 1.29 is 13.2 Å². The SMILES string of the molecule is CC(NS(=O)(=O)c1ccccc1)C(=O)Nc1ccccc1C1=NCCCN1. The van der Waals surface area contributed by atoms with Gasteiger partial charge in [-0.15, -0.1) is 0 Å². The largest absolute Gasteiger partial charge is 0.370 e. The maximum Gasteiger partial charge on any atom is 0.242 e. The van der Waals surface area contributed by atoms with Gasteiger partial charge in [0.1, 0.15) is 5.84 Å². The van der Waals surface area contributed by atoms with Crippen LogP contribution in [-0.4, -0.2) is 39.3 Å². The highest BCUT2D eigenvalue weighted by molar-refractivity contribution is 7.89. The predicted octanol–water partition coefficient (Wildman–Crippen LogP) is 1.73. The number of nitrogens with zero attached hydrogens (tertiary/aromatic N) is 1. The highest BCUT2D eigenvalue weighted by atomic mass is 32.2. The van der Waals surface area contributed by atoms with Crippen LogP contribution in [0.2, 0.25) is 0 Å². The minimum absolute atomic E-state index is 0.116. The summed E-state index contributed by atoms with van der Waals surface area (Å²) in [7, 11) is -3.77. The van der Waals surface area contributed by atoms with Crippen LogP contribution in [0.5, 0.6) is 0 Å². The van der Waals surface area contributed by atoms with E-state index in [1.807, 2.05) is 12.1 Å². The van der Waals surface area contributed by atoms with Crippen molar-refractivity contribution in [2.45, 2.75) is 24.3 Å². The van der Waals surface area contributed by atoms with Crippen molar-refractivity contribution in [3.05, 3.63) is 60.2 Å². The molecule has 1 aliphatic rings. The summed E-state index contributed by atoms with van der Waals surface area (Å²) in [6.07, 6.45) is 0.969. The molecule has 0 spiro atoms. The van der Waals surface area contributed by atoms with Gasteiger partial charge >= 0.3 is 0 Å². The number of sulfonamides is 1. The Morgan fingerprint density at radius 3 is 2.52 bits per heavy atom. The Labute approximate surface area is 159 Å². The number of hydrogen-bond donors (Lipinski definition) is 3. The Bertz CT molecular complexity index is 942. The van der Waals surface area contributed by atoms with E-state index in [0.717, 1.165) is 30.9 Å². The van der Waals surface area contributed by atoms with Crippen LogP contribution in [0.4, 0.5) is 5.69 Å². The molecule has 142 valence electrons. The zero-order chi connectivity index (χ0) is 19.3. The first-order chi connectivity index (χ1) is 13.0. The second kappa shape index (κ2) is 8.32. The Morgan fingerprint density at radius 1 is 1.11 bits per heavy atom. The number of para-hydroxylation sites is 1. The van der Waals surface area contributed by atoms with Crippen molar-refractivity contribution >= 4 is 27.5 Å². The summed E-state index contributed by atoms with van der Waals surface area (Å²) in [6, 6.07) is 14.3. The van der Waals surface area contributed by atoms with E-state index in [1.165, 1.54) is 19.1 Å². The molecule has 2 aromatic rings. The van der Waals surface area contributed by atoms with Crippen LogP contribution in [-0.2, 0) is 14.8 Å². The number of rotatable bonds is 6. The number of anilines is 1. The minimum Gasteiger partial charge on any atom is -0.370 e. The van der Waals surface area contributed by atoms with Crippen LogP contribution in [0.1, 0.15) is 18.9 Å². The number of benzene rings is 2. The van der Waals surface area contributed by atoms with Gasteiger partial charge in [-0.1, -0.05) is 30.3 Å². The lowest BCUT2D eigenvalue weighted by Crippen LogP contribution is -2.42. The van der Waals surface area contributed by atoms with E-state index in [0.29, 0.717) is 5.69 Å². The molecule has 3 N–H and O–H groups in total. The summed E-state index contributed by atoms with van der Waals surface area (Å²) in [5.74, 6) is 0.285. The van der Waals surface area contributed by atoms with Gasteiger partial charge in [0.15, 0.2) is 0 Å². The van der Waals surface area contributed by atoms with Crippen LogP contribution in [0, 0.1) is 0 Å². The van der Waals surface area contributed by atoms with Crippen LogP contribution in [0.15, 0.2) is 64.5 Å². The first-order valence-corrected chi connectivity index (χ1v) is 10.2. The van der Waals surface area contributed by atoms with Gasteiger partial charge < -0.3 is 10.6 Å². The van der Waals surface area contributed by atoms with Gasteiger partial charge in [0.25, 0.3) is 0 Å². The van der Waals surface area contributed by atoms with Gasteiger partial charge in [-0.25, -0.2) is 8.42 Å². The Hall–Kier alpha value is -2.71. The Kier molecular flexibility index (Phi) is 5.88. The molecule has 0 fully saturated rings. The fraction of sp³-hybridized carbons (Fsp3) is 0.263. The third-order valence-corrected chi connectivity index (χ3v) is 5.67. The minimum atomic E-state index is -3.77. The average Bonchev–Trinajstić information content (AvgIpc) is 2.69. The lowest BCUT2D eigenvalue weighted by Gasteiger charge is -2.19. The van der Waals surface area contributed by atoms with Gasteiger partial charge in [-0.2, -0.15) is 4.72 Å². The number of amidine groups is 1. The van der Waals surface area contributed by atoms with E-state index < -0.39 is 22.0 Å². The second-order valence-corrected chi connectivity index (χ2v) is 7.92. The molecule has 0 aliphatic carbocycles. The highest BCUT2D eigenvalue weighted by Crippen LogP contribution is 2.17. The number of nitrogens with one attached hydrogen (secondary N) is 3. The van der Waals surface area contributed by atoms with E-state index in [-0.39, 0.29) is 4.90 Å². The molecule has 1 aliphatic heterocycles. The zero-order valence-electron chi connectivity index (χ0n) is 15.0. The third kappa shape index (κ3) is 4.72. The fourth-order valence-corrected chi connectivity index (χ4v) is 3.93. The van der Waals surface area contributed by atoms with Crippen LogP contribution >= 0.6 is 0 Å². The quantitative estimate of drug-likeness (QED) is 0.704. The molecule has 0 radical (unpaired) electrons. The fourth-order valence-electron chi connectivity index (χ4n) is 2.71. The predicted molar refractivity (Wildman–Crippen MR) is 105 cm³/mol. The molecule has 1 heterocycles. The molecule has 0 aromatic heterocycles. The standard InChI is InChI=1S/C19H22N4O3S/c1-14(23-27(25,26)15-8-3-2-4-9-15)19(24)22-17-11-6-5-10-16(17)18-20-12-7-13-21-18/h2-6,8-11,14,23H,7,12-13H2,1H3,(H,20,21)(H,22,24). The van der Waals surface area contributed by atoms with Gasteiger partial charge in [-0.05, 0) is 37.6 Å². The number of amides is 1. The molecule has 27 heavy (non-hydrogen) atoms. The van der Waals surface area contributed by atoms with Crippen LogP contribution < -0.4 is 15.4 Å². The molecule has 1 amide bonds. The maximum atomic E-state index is 12.6. The number of carbonyl (C=O) groups excluding carboxylic acids is 1. The lowest BCUT2D eigenvalue weighted by atomic mass is 10.1. The molecule has 1 unspecified atom stereocenters. The summed E-state index contributed by atoms with van der Waals surface area (Å²) in [4.78, 5) is 17.1. The summed E-state index contributed by atoms with van der Waals surface area (Å²) in [6.45, 7) is 3.07. The molecule has 0 saturated carbocycles. The molecular formula is C19H22N4O3S. The van der Waals surface area contributed by atoms with E-state index in [4.69, 9.17) is 0 Å². The van der Waals surface area contributed by atoms with Crippen molar-refractivity contribution in [1.82, 2.24) is 10.0 Å². The smallest absolute Gasteiger partial charge is 0.242 e. The first-order valence-electron chi connectivity index (χ1n) is 8.73. The van der Waals surface area contributed by atoms with E-state index in [2.05, 4.69) is 20.3 Å². The maximum absolute atomic E-state index is 12.6. The molecule has 8 heteroatoms. The highest BCUT2D eigenvalue weighted by Gasteiger charge is 2.23. The van der Waals surface area contributed by atoms with Crippen molar-refractivity contribution in [2.24, 2.45) is 4.99 Å². The van der Waals surface area contributed by atoms with Gasteiger partial charge in [0.05, 0.1) is 16.6 Å². The first kappa shape index (κ1) is 19.1. The summed E-state index contributed by atoms with van der Waals surface area (Å²) < 4.78 is 27.2. The van der Waals surface area contributed by atoms with Crippen molar-refractivity contribution in [2.75, 3.05) is 18.4 Å². The lowest BCUT2D eigenvalue weighted by molar-refractivity contribution is -0.117. The van der Waals surface area contributed by atoms with E-state index >= 15 is 0 Å². The molecule has 0 saturated heterocycles. The van der Waals surface area contributed by atoms with Gasteiger partial charge in [0.2, 0.25) is 15.9 Å².